The molecule has 3 rings (SSSR count). The zero-order valence-electron chi connectivity index (χ0n) is 13.4. The van der Waals surface area contributed by atoms with Gasteiger partial charge in [0.15, 0.2) is 5.58 Å². The lowest BCUT2D eigenvalue weighted by Crippen LogP contribution is -2.57. The molecule has 8 heteroatoms. The van der Waals surface area contributed by atoms with Crippen molar-refractivity contribution in [3.8, 4) is 0 Å². The number of oxazole rings is 1. The van der Waals surface area contributed by atoms with Gasteiger partial charge >= 0.3 is 5.76 Å². The molecule has 1 unspecified atom stereocenters. The van der Waals surface area contributed by atoms with Crippen LogP contribution in [0.1, 0.15) is 6.42 Å². The molecule has 0 saturated carbocycles. The van der Waals surface area contributed by atoms with E-state index in [1.807, 2.05) is 23.1 Å². The standard InChI is InChI=1S/C16H20N4O4/c1-17-14(21)10-12-15(22)18-6-7-19(12)8-9-20-11-4-2-3-5-13(11)24-16(20)23/h2-5,12H,6-10H2,1H3,(H,17,21)(H,18,22). The lowest BCUT2D eigenvalue weighted by atomic mass is 10.1. The van der Waals surface area contributed by atoms with Gasteiger partial charge in [0.2, 0.25) is 11.8 Å². The Morgan fingerprint density at radius 2 is 2.12 bits per heavy atom. The minimum absolute atomic E-state index is 0.101. The van der Waals surface area contributed by atoms with E-state index in [2.05, 4.69) is 10.6 Å². The number of aromatic nitrogens is 1. The highest BCUT2D eigenvalue weighted by Gasteiger charge is 2.31. The highest BCUT2D eigenvalue weighted by Crippen LogP contribution is 2.13. The van der Waals surface area contributed by atoms with Crippen LogP contribution in [0.4, 0.5) is 0 Å². The normalized spacial score (nSPS) is 18.5. The summed E-state index contributed by atoms with van der Waals surface area (Å²) in [4.78, 5) is 37.7. The van der Waals surface area contributed by atoms with Crippen molar-refractivity contribution < 1.29 is 14.0 Å². The molecule has 8 nitrogen and oxygen atoms in total. The van der Waals surface area contributed by atoms with Crippen molar-refractivity contribution in [3.63, 3.8) is 0 Å². The van der Waals surface area contributed by atoms with Crippen LogP contribution in [-0.2, 0) is 16.1 Å². The Balaban J connectivity index is 1.76. The predicted octanol–water partition coefficient (Wildman–Crippen LogP) is -0.469. The number of hydrogen-bond donors (Lipinski definition) is 2. The topological polar surface area (TPSA) is 96.6 Å². The monoisotopic (exact) mass is 332 g/mol. The first-order valence-corrected chi connectivity index (χ1v) is 7.91. The second kappa shape index (κ2) is 6.88. The second-order valence-corrected chi connectivity index (χ2v) is 5.71. The van der Waals surface area contributed by atoms with Crippen LogP contribution < -0.4 is 16.4 Å². The Bertz CT molecular complexity index is 810. The smallest absolute Gasteiger partial charge is 0.408 e. The average molecular weight is 332 g/mol. The van der Waals surface area contributed by atoms with E-state index in [9.17, 15) is 14.4 Å². The molecule has 0 radical (unpaired) electrons. The molecular formula is C16H20N4O4. The van der Waals surface area contributed by atoms with Gasteiger partial charge in [-0.2, -0.15) is 0 Å². The molecule has 1 atom stereocenters. The van der Waals surface area contributed by atoms with Gasteiger partial charge in [-0.3, -0.25) is 19.1 Å². The van der Waals surface area contributed by atoms with E-state index in [0.29, 0.717) is 31.8 Å². The number of nitrogens with zero attached hydrogens (tertiary/aromatic N) is 2. The SMILES string of the molecule is CNC(=O)CC1C(=O)NCCN1CCn1c(=O)oc2ccccc21. The molecular weight excluding hydrogens is 312 g/mol. The van der Waals surface area contributed by atoms with Crippen LogP contribution in [-0.4, -0.2) is 54.0 Å². The van der Waals surface area contributed by atoms with Gasteiger partial charge in [0.25, 0.3) is 0 Å². The fourth-order valence-electron chi connectivity index (χ4n) is 2.98. The molecule has 1 aromatic carbocycles. The molecule has 1 aromatic heterocycles. The second-order valence-electron chi connectivity index (χ2n) is 5.71. The number of para-hydroxylation sites is 2. The van der Waals surface area contributed by atoms with Gasteiger partial charge < -0.3 is 15.1 Å². The number of fused-ring (bicyclic) bond motifs is 1. The number of carbonyl (C=O) groups excluding carboxylic acids is 2. The first-order valence-electron chi connectivity index (χ1n) is 7.91. The molecule has 2 aromatic rings. The fourth-order valence-corrected chi connectivity index (χ4v) is 2.98. The van der Waals surface area contributed by atoms with Crippen molar-refractivity contribution in [1.82, 2.24) is 20.1 Å². The van der Waals surface area contributed by atoms with Crippen LogP contribution in [0.2, 0.25) is 0 Å². The number of rotatable bonds is 5. The summed E-state index contributed by atoms with van der Waals surface area (Å²) in [7, 11) is 1.55. The fraction of sp³-hybridized carbons (Fsp3) is 0.438. The van der Waals surface area contributed by atoms with E-state index in [4.69, 9.17) is 4.42 Å². The molecule has 128 valence electrons. The van der Waals surface area contributed by atoms with Crippen LogP contribution in [0, 0.1) is 0 Å². The third kappa shape index (κ3) is 3.18. The lowest BCUT2D eigenvalue weighted by Gasteiger charge is -2.34. The van der Waals surface area contributed by atoms with E-state index in [-0.39, 0.29) is 18.2 Å². The predicted molar refractivity (Wildman–Crippen MR) is 87.5 cm³/mol. The molecule has 0 bridgehead atoms. The molecule has 2 heterocycles. The number of amides is 2. The number of benzene rings is 1. The maximum absolute atomic E-state index is 12.1. The van der Waals surface area contributed by atoms with E-state index < -0.39 is 11.8 Å². The molecule has 1 aliphatic heterocycles. The summed E-state index contributed by atoms with van der Waals surface area (Å²) in [6.45, 7) is 2.05. The molecule has 1 aliphatic rings. The van der Waals surface area contributed by atoms with Crippen molar-refractivity contribution >= 4 is 22.9 Å². The van der Waals surface area contributed by atoms with Crippen molar-refractivity contribution in [2.75, 3.05) is 26.7 Å². The van der Waals surface area contributed by atoms with Gasteiger partial charge in [0.05, 0.1) is 18.0 Å². The Morgan fingerprint density at radius 1 is 1.33 bits per heavy atom. The average Bonchev–Trinajstić information content (AvgIpc) is 2.90. The molecule has 2 N–H and O–H groups in total. The summed E-state index contributed by atoms with van der Waals surface area (Å²) in [5.41, 5.74) is 1.27. The molecule has 1 fully saturated rings. The number of piperazine rings is 1. The van der Waals surface area contributed by atoms with Gasteiger partial charge in [0.1, 0.15) is 0 Å². The Hall–Kier alpha value is -2.61. The van der Waals surface area contributed by atoms with Crippen molar-refractivity contribution in [1.29, 1.82) is 0 Å². The Kier molecular flexibility index (Phi) is 4.66. The zero-order valence-corrected chi connectivity index (χ0v) is 13.4. The van der Waals surface area contributed by atoms with Gasteiger partial charge in [0, 0.05) is 33.2 Å². The Labute approximate surface area is 138 Å². The minimum atomic E-state index is -0.521. The quantitative estimate of drug-likeness (QED) is 0.772. The van der Waals surface area contributed by atoms with E-state index in [1.165, 1.54) is 0 Å². The highest BCUT2D eigenvalue weighted by atomic mass is 16.4. The van der Waals surface area contributed by atoms with Crippen LogP contribution in [0.15, 0.2) is 33.5 Å². The zero-order chi connectivity index (χ0) is 17.1. The number of nitrogens with one attached hydrogen (secondary N) is 2. The van der Waals surface area contributed by atoms with Crippen LogP contribution in [0.3, 0.4) is 0 Å². The first-order chi connectivity index (χ1) is 11.6. The van der Waals surface area contributed by atoms with Crippen LogP contribution >= 0.6 is 0 Å². The third-order valence-electron chi connectivity index (χ3n) is 4.28. The minimum Gasteiger partial charge on any atom is -0.408 e. The summed E-state index contributed by atoms with van der Waals surface area (Å²) in [5.74, 6) is -0.761. The summed E-state index contributed by atoms with van der Waals surface area (Å²) < 4.78 is 6.77. The largest absolute Gasteiger partial charge is 0.419 e. The first kappa shape index (κ1) is 16.3. The molecule has 1 saturated heterocycles. The van der Waals surface area contributed by atoms with Gasteiger partial charge in [-0.05, 0) is 12.1 Å². The van der Waals surface area contributed by atoms with Crippen LogP contribution in [0.25, 0.3) is 11.1 Å². The summed E-state index contributed by atoms with van der Waals surface area (Å²) in [6, 6.07) is 6.70. The van der Waals surface area contributed by atoms with E-state index >= 15 is 0 Å². The van der Waals surface area contributed by atoms with Gasteiger partial charge in [-0.1, -0.05) is 12.1 Å². The van der Waals surface area contributed by atoms with E-state index in [0.717, 1.165) is 5.52 Å². The highest BCUT2D eigenvalue weighted by molar-refractivity contribution is 5.88. The molecule has 2 amide bonds. The van der Waals surface area contributed by atoms with Crippen molar-refractivity contribution in [2.45, 2.75) is 19.0 Å². The molecule has 24 heavy (non-hydrogen) atoms. The van der Waals surface area contributed by atoms with E-state index in [1.54, 1.807) is 17.7 Å². The lowest BCUT2D eigenvalue weighted by molar-refractivity contribution is -0.133. The molecule has 0 aliphatic carbocycles. The van der Waals surface area contributed by atoms with Crippen molar-refractivity contribution in [2.24, 2.45) is 0 Å². The Morgan fingerprint density at radius 3 is 2.92 bits per heavy atom. The number of carbonyl (C=O) groups is 2. The third-order valence-corrected chi connectivity index (χ3v) is 4.28. The summed E-state index contributed by atoms with van der Waals surface area (Å²) in [6.07, 6.45) is 0.101. The summed E-state index contributed by atoms with van der Waals surface area (Å²) in [5, 5.41) is 5.32. The van der Waals surface area contributed by atoms with Gasteiger partial charge in [-0.25, -0.2) is 4.79 Å². The van der Waals surface area contributed by atoms with Crippen molar-refractivity contribution in [3.05, 3.63) is 34.8 Å². The van der Waals surface area contributed by atoms with Crippen LogP contribution in [0.5, 0.6) is 0 Å². The number of hydrogen-bond acceptors (Lipinski definition) is 5. The summed E-state index contributed by atoms with van der Waals surface area (Å²) >= 11 is 0. The van der Waals surface area contributed by atoms with Gasteiger partial charge in [-0.15, -0.1) is 0 Å². The maximum atomic E-state index is 12.1. The molecule has 0 spiro atoms. The maximum Gasteiger partial charge on any atom is 0.419 e.